The highest BCUT2D eigenvalue weighted by Crippen LogP contribution is 2.32. The Morgan fingerprint density at radius 1 is 1.31 bits per heavy atom. The van der Waals surface area contributed by atoms with E-state index < -0.39 is 0 Å². The molecule has 1 rings (SSSR count). The lowest BCUT2D eigenvalue weighted by molar-refractivity contribution is 0.454. The number of hydrogen-bond donors (Lipinski definition) is 1. The number of phenols is 1. The van der Waals surface area contributed by atoms with Crippen molar-refractivity contribution in [1.29, 1.82) is 0 Å². The Morgan fingerprint density at radius 3 is 2.69 bits per heavy atom. The average molecular weight is 218 g/mol. The van der Waals surface area contributed by atoms with Crippen molar-refractivity contribution in [1.82, 2.24) is 0 Å². The average Bonchev–Trinajstić information content (AvgIpc) is 2.29. The third-order valence-electron chi connectivity index (χ3n) is 2.98. The summed E-state index contributed by atoms with van der Waals surface area (Å²) in [7, 11) is 0. The molecule has 0 heterocycles. The Kier molecular flexibility index (Phi) is 5.69. The Hall–Kier alpha value is -1.24. The summed E-state index contributed by atoms with van der Waals surface area (Å²) in [6.45, 7) is 6.01. The zero-order chi connectivity index (χ0) is 11.8. The number of hydrogen-bond acceptors (Lipinski definition) is 1. The molecular formula is C15H22O. The fourth-order valence-electron chi connectivity index (χ4n) is 2.07. The molecule has 88 valence electrons. The van der Waals surface area contributed by atoms with Crippen molar-refractivity contribution in [3.8, 4) is 5.75 Å². The van der Waals surface area contributed by atoms with Gasteiger partial charge in [0.15, 0.2) is 0 Å². The number of rotatable bonds is 7. The van der Waals surface area contributed by atoms with Crippen molar-refractivity contribution < 1.29 is 5.11 Å². The first kappa shape index (κ1) is 12.8. The largest absolute Gasteiger partial charge is 0.508 e. The van der Waals surface area contributed by atoms with Crippen molar-refractivity contribution in [2.24, 2.45) is 0 Å². The summed E-state index contributed by atoms with van der Waals surface area (Å²) in [6.07, 6.45) is 7.76. The molecule has 0 aromatic heterocycles. The molecule has 0 amide bonds. The molecule has 16 heavy (non-hydrogen) atoms. The summed E-state index contributed by atoms with van der Waals surface area (Å²) in [5, 5.41) is 9.83. The summed E-state index contributed by atoms with van der Waals surface area (Å²) in [5.41, 5.74) is 1.07. The van der Waals surface area contributed by atoms with Crippen LogP contribution in [0.15, 0.2) is 36.9 Å². The van der Waals surface area contributed by atoms with Gasteiger partial charge in [0.05, 0.1) is 0 Å². The fraction of sp³-hybridized carbons (Fsp3) is 0.467. The normalized spacial score (nSPS) is 12.3. The van der Waals surface area contributed by atoms with E-state index in [1.54, 1.807) is 6.07 Å². The molecule has 0 aliphatic rings. The predicted octanol–water partition coefficient (Wildman–Crippen LogP) is 4.63. The molecular weight excluding hydrogens is 196 g/mol. The van der Waals surface area contributed by atoms with Gasteiger partial charge >= 0.3 is 0 Å². The van der Waals surface area contributed by atoms with Crippen LogP contribution in [-0.4, -0.2) is 5.11 Å². The van der Waals surface area contributed by atoms with E-state index in [9.17, 15) is 5.11 Å². The van der Waals surface area contributed by atoms with Crippen LogP contribution in [0.5, 0.6) is 5.75 Å². The van der Waals surface area contributed by atoms with Crippen LogP contribution in [-0.2, 0) is 0 Å². The smallest absolute Gasteiger partial charge is 0.119 e. The van der Waals surface area contributed by atoms with E-state index >= 15 is 0 Å². The predicted molar refractivity (Wildman–Crippen MR) is 69.8 cm³/mol. The lowest BCUT2D eigenvalue weighted by Crippen LogP contribution is -1.98. The molecule has 1 nitrogen and oxygen atoms in total. The van der Waals surface area contributed by atoms with Crippen LogP contribution >= 0.6 is 0 Å². The van der Waals surface area contributed by atoms with Gasteiger partial charge < -0.3 is 5.11 Å². The second-order valence-corrected chi connectivity index (χ2v) is 4.28. The Labute approximate surface area is 98.8 Å². The molecule has 0 aliphatic carbocycles. The number of aromatic hydroxyl groups is 1. The minimum Gasteiger partial charge on any atom is -0.508 e. The third kappa shape index (κ3) is 3.73. The maximum absolute atomic E-state index is 9.83. The van der Waals surface area contributed by atoms with E-state index in [1.165, 1.54) is 19.3 Å². The minimum absolute atomic E-state index is 0.422. The lowest BCUT2D eigenvalue weighted by Gasteiger charge is -2.16. The maximum atomic E-state index is 9.83. The van der Waals surface area contributed by atoms with Gasteiger partial charge in [-0.15, -0.1) is 6.58 Å². The molecule has 1 atom stereocenters. The van der Waals surface area contributed by atoms with E-state index in [0.717, 1.165) is 18.4 Å². The summed E-state index contributed by atoms with van der Waals surface area (Å²) in [5.74, 6) is 0.844. The van der Waals surface area contributed by atoms with E-state index in [2.05, 4.69) is 13.5 Å². The first-order valence-corrected chi connectivity index (χ1v) is 6.18. The van der Waals surface area contributed by atoms with Crippen molar-refractivity contribution in [2.75, 3.05) is 0 Å². The zero-order valence-corrected chi connectivity index (χ0v) is 10.2. The van der Waals surface area contributed by atoms with Gasteiger partial charge in [0.25, 0.3) is 0 Å². The van der Waals surface area contributed by atoms with Crippen molar-refractivity contribution in [3.05, 3.63) is 42.5 Å². The summed E-state index contributed by atoms with van der Waals surface area (Å²) in [6, 6.07) is 7.65. The molecule has 0 saturated carbocycles. The zero-order valence-electron chi connectivity index (χ0n) is 10.2. The molecule has 0 aliphatic heterocycles. The van der Waals surface area contributed by atoms with Crippen LogP contribution in [0.3, 0.4) is 0 Å². The first-order valence-electron chi connectivity index (χ1n) is 6.18. The van der Waals surface area contributed by atoms with Crippen LogP contribution in [0.2, 0.25) is 0 Å². The first-order chi connectivity index (χ1) is 7.79. The maximum Gasteiger partial charge on any atom is 0.119 e. The van der Waals surface area contributed by atoms with Gasteiger partial charge in [-0.2, -0.15) is 0 Å². The molecule has 1 aromatic carbocycles. The van der Waals surface area contributed by atoms with Crippen LogP contribution in [0.1, 0.15) is 50.5 Å². The Balaban J connectivity index is 2.69. The second kappa shape index (κ2) is 7.10. The second-order valence-electron chi connectivity index (χ2n) is 4.28. The van der Waals surface area contributed by atoms with Crippen molar-refractivity contribution in [2.45, 2.75) is 44.9 Å². The van der Waals surface area contributed by atoms with E-state index in [0.29, 0.717) is 11.7 Å². The Morgan fingerprint density at radius 2 is 2.06 bits per heavy atom. The van der Waals surface area contributed by atoms with E-state index in [4.69, 9.17) is 0 Å². The van der Waals surface area contributed by atoms with Gasteiger partial charge in [0, 0.05) is 0 Å². The quantitative estimate of drug-likeness (QED) is 0.522. The molecule has 1 N–H and O–H groups in total. The minimum atomic E-state index is 0.422. The standard InChI is InChI=1S/C15H22O/c1-3-5-6-10-13(9-4-2)14-11-7-8-12-15(14)16/h4,7-8,11-13,16H,2-3,5-6,9-10H2,1H3. The molecule has 0 spiro atoms. The van der Waals surface area contributed by atoms with Crippen molar-refractivity contribution >= 4 is 0 Å². The number of para-hydroxylation sites is 1. The van der Waals surface area contributed by atoms with Crippen LogP contribution in [0.25, 0.3) is 0 Å². The number of phenolic OH excluding ortho intramolecular Hbond substituents is 1. The number of allylic oxidation sites excluding steroid dienone is 1. The van der Waals surface area contributed by atoms with Crippen molar-refractivity contribution in [3.63, 3.8) is 0 Å². The van der Waals surface area contributed by atoms with Gasteiger partial charge in [-0.1, -0.05) is 50.5 Å². The highest BCUT2D eigenvalue weighted by molar-refractivity contribution is 5.35. The molecule has 1 heteroatoms. The van der Waals surface area contributed by atoms with Crippen LogP contribution in [0, 0.1) is 0 Å². The molecule has 1 aromatic rings. The SMILES string of the molecule is C=CCC(CCCCC)c1ccccc1O. The van der Waals surface area contributed by atoms with E-state index in [-0.39, 0.29) is 0 Å². The van der Waals surface area contributed by atoms with Gasteiger partial charge in [0.2, 0.25) is 0 Å². The highest BCUT2D eigenvalue weighted by Gasteiger charge is 2.12. The molecule has 1 unspecified atom stereocenters. The van der Waals surface area contributed by atoms with Crippen LogP contribution < -0.4 is 0 Å². The Bertz CT molecular complexity index is 317. The molecule has 0 fully saturated rings. The van der Waals surface area contributed by atoms with Gasteiger partial charge in [-0.3, -0.25) is 0 Å². The molecule has 0 bridgehead atoms. The molecule has 0 saturated heterocycles. The summed E-state index contributed by atoms with van der Waals surface area (Å²) >= 11 is 0. The monoisotopic (exact) mass is 218 g/mol. The fourth-order valence-corrected chi connectivity index (χ4v) is 2.07. The summed E-state index contributed by atoms with van der Waals surface area (Å²) < 4.78 is 0. The van der Waals surface area contributed by atoms with Gasteiger partial charge in [0.1, 0.15) is 5.75 Å². The lowest BCUT2D eigenvalue weighted by atomic mass is 9.90. The number of unbranched alkanes of at least 4 members (excludes halogenated alkanes) is 2. The van der Waals surface area contributed by atoms with Gasteiger partial charge in [-0.25, -0.2) is 0 Å². The topological polar surface area (TPSA) is 20.2 Å². The van der Waals surface area contributed by atoms with E-state index in [1.807, 2.05) is 24.3 Å². The molecule has 0 radical (unpaired) electrons. The van der Waals surface area contributed by atoms with Gasteiger partial charge in [-0.05, 0) is 30.4 Å². The summed E-state index contributed by atoms with van der Waals surface area (Å²) in [4.78, 5) is 0. The number of benzene rings is 1. The van der Waals surface area contributed by atoms with Crippen LogP contribution in [0.4, 0.5) is 0 Å². The highest BCUT2D eigenvalue weighted by atomic mass is 16.3. The third-order valence-corrected chi connectivity index (χ3v) is 2.98.